The number of nitrogens with zero attached hydrogens (tertiary/aromatic N) is 3. The number of carbonyl (C=O) groups excluding carboxylic acids is 1. The van der Waals surface area contributed by atoms with Crippen LogP contribution in [-0.2, 0) is 11.8 Å². The molecule has 0 saturated heterocycles. The van der Waals surface area contributed by atoms with Crippen molar-refractivity contribution in [3.63, 3.8) is 0 Å². The van der Waals surface area contributed by atoms with Crippen LogP contribution in [0.15, 0.2) is 6.33 Å². The van der Waals surface area contributed by atoms with Crippen LogP contribution in [0.3, 0.4) is 0 Å². The van der Waals surface area contributed by atoms with Crippen molar-refractivity contribution in [3.8, 4) is 0 Å². The van der Waals surface area contributed by atoms with Crippen LogP contribution in [-0.4, -0.2) is 38.4 Å². The Morgan fingerprint density at radius 3 is 2.68 bits per heavy atom. The quantitative estimate of drug-likeness (QED) is 0.687. The van der Waals surface area contributed by atoms with E-state index >= 15 is 0 Å². The van der Waals surface area contributed by atoms with Crippen molar-refractivity contribution in [2.24, 2.45) is 13.0 Å². The van der Waals surface area contributed by atoms with Gasteiger partial charge in [0.15, 0.2) is 5.82 Å². The highest BCUT2D eigenvalue weighted by Gasteiger charge is 2.15. The van der Waals surface area contributed by atoms with Crippen molar-refractivity contribution in [3.05, 3.63) is 12.2 Å². The van der Waals surface area contributed by atoms with Crippen molar-refractivity contribution >= 4 is 12.0 Å². The Hall–Kier alpha value is -2.12. The molecule has 1 rings (SSSR count). The van der Waals surface area contributed by atoms with Gasteiger partial charge in [-0.2, -0.15) is 0 Å². The molecule has 0 aliphatic heterocycles. The first kappa shape index (κ1) is 14.9. The summed E-state index contributed by atoms with van der Waals surface area (Å²) in [6, 6.07) is -0.627. The van der Waals surface area contributed by atoms with Gasteiger partial charge in [-0.15, -0.1) is 10.2 Å². The Labute approximate surface area is 111 Å². The lowest BCUT2D eigenvalue weighted by Crippen LogP contribution is -2.38. The molecule has 1 aromatic rings. The summed E-state index contributed by atoms with van der Waals surface area (Å²) >= 11 is 0. The molecular formula is C11H19N5O3. The lowest BCUT2D eigenvalue weighted by atomic mass is 10.1. The lowest BCUT2D eigenvalue weighted by molar-refractivity contribution is -0.141. The summed E-state index contributed by atoms with van der Waals surface area (Å²) in [6.07, 6.45) is 1.95. The van der Waals surface area contributed by atoms with Crippen molar-refractivity contribution in [2.45, 2.75) is 26.3 Å². The molecule has 0 fully saturated rings. The number of amides is 2. The second-order valence-electron chi connectivity index (χ2n) is 4.45. The van der Waals surface area contributed by atoms with Crippen LogP contribution >= 0.6 is 0 Å². The van der Waals surface area contributed by atoms with Crippen LogP contribution in [0.1, 0.15) is 32.1 Å². The van der Waals surface area contributed by atoms with E-state index in [-0.39, 0.29) is 12.1 Å². The second kappa shape index (κ2) is 6.72. The highest BCUT2D eigenvalue weighted by Crippen LogP contribution is 2.06. The zero-order valence-corrected chi connectivity index (χ0v) is 11.3. The fraction of sp³-hybridized carbons (Fsp3) is 0.636. The smallest absolute Gasteiger partial charge is 0.315 e. The molecule has 0 aliphatic rings. The third kappa shape index (κ3) is 4.57. The first-order valence-corrected chi connectivity index (χ1v) is 6.03. The molecule has 0 saturated carbocycles. The molecule has 1 heterocycles. The van der Waals surface area contributed by atoms with Crippen molar-refractivity contribution in [2.75, 3.05) is 6.54 Å². The molecule has 2 amide bonds. The molecule has 106 valence electrons. The lowest BCUT2D eigenvalue weighted by Gasteiger charge is -2.14. The van der Waals surface area contributed by atoms with Gasteiger partial charge in [0, 0.05) is 13.6 Å². The number of rotatable bonds is 6. The summed E-state index contributed by atoms with van der Waals surface area (Å²) in [7, 11) is 1.79. The van der Waals surface area contributed by atoms with Gasteiger partial charge in [-0.25, -0.2) is 4.79 Å². The second-order valence-corrected chi connectivity index (χ2v) is 4.45. The van der Waals surface area contributed by atoms with Gasteiger partial charge in [0.25, 0.3) is 0 Å². The van der Waals surface area contributed by atoms with E-state index in [2.05, 4.69) is 20.8 Å². The minimum absolute atomic E-state index is 0.274. The minimum atomic E-state index is -0.866. The van der Waals surface area contributed by atoms with Crippen LogP contribution < -0.4 is 10.6 Å². The maximum absolute atomic E-state index is 11.6. The summed E-state index contributed by atoms with van der Waals surface area (Å²) in [5.41, 5.74) is 0. The molecule has 0 bridgehead atoms. The molecule has 19 heavy (non-hydrogen) atoms. The molecule has 0 aromatic carbocycles. The fourth-order valence-electron chi connectivity index (χ4n) is 1.52. The number of carboxylic acid groups (broad SMARTS) is 1. The topological polar surface area (TPSA) is 109 Å². The van der Waals surface area contributed by atoms with Gasteiger partial charge in [-0.1, -0.05) is 6.92 Å². The molecule has 0 spiro atoms. The van der Waals surface area contributed by atoms with E-state index in [9.17, 15) is 9.59 Å². The molecule has 8 nitrogen and oxygen atoms in total. The van der Waals surface area contributed by atoms with Gasteiger partial charge in [-0.05, 0) is 13.3 Å². The zero-order chi connectivity index (χ0) is 14.4. The Morgan fingerprint density at radius 1 is 1.47 bits per heavy atom. The van der Waals surface area contributed by atoms with Gasteiger partial charge in [-0.3, -0.25) is 4.79 Å². The summed E-state index contributed by atoms with van der Waals surface area (Å²) in [5, 5.41) is 21.6. The van der Waals surface area contributed by atoms with E-state index in [4.69, 9.17) is 5.11 Å². The molecule has 1 aromatic heterocycles. The largest absolute Gasteiger partial charge is 0.481 e. The van der Waals surface area contributed by atoms with Crippen LogP contribution in [0, 0.1) is 5.92 Å². The summed E-state index contributed by atoms with van der Waals surface area (Å²) in [4.78, 5) is 22.2. The minimum Gasteiger partial charge on any atom is -0.481 e. The van der Waals surface area contributed by atoms with E-state index in [1.165, 1.54) is 0 Å². The molecule has 2 unspecified atom stereocenters. The molecule has 0 radical (unpaired) electrons. The number of hydrogen-bond donors (Lipinski definition) is 3. The van der Waals surface area contributed by atoms with E-state index in [1.54, 1.807) is 31.8 Å². The van der Waals surface area contributed by atoms with Crippen LogP contribution in [0.25, 0.3) is 0 Å². The molecular weight excluding hydrogens is 250 g/mol. The Balaban J connectivity index is 2.32. The predicted molar refractivity (Wildman–Crippen MR) is 67.4 cm³/mol. The first-order valence-electron chi connectivity index (χ1n) is 6.03. The first-order chi connectivity index (χ1) is 8.91. The maximum atomic E-state index is 11.6. The summed E-state index contributed by atoms with van der Waals surface area (Å²) in [6.45, 7) is 3.71. The number of carboxylic acids is 1. The monoisotopic (exact) mass is 269 g/mol. The van der Waals surface area contributed by atoms with Crippen molar-refractivity contribution in [1.29, 1.82) is 0 Å². The van der Waals surface area contributed by atoms with Gasteiger partial charge < -0.3 is 20.3 Å². The van der Waals surface area contributed by atoms with Crippen LogP contribution in [0.4, 0.5) is 4.79 Å². The average Bonchev–Trinajstić information content (AvgIpc) is 2.75. The summed E-state index contributed by atoms with van der Waals surface area (Å²) < 4.78 is 1.72. The van der Waals surface area contributed by atoms with Gasteiger partial charge in [0.1, 0.15) is 6.33 Å². The Kier molecular flexibility index (Phi) is 5.28. The SMILES string of the molecule is CC(CCNC(=O)NC(C)c1nncn1C)C(=O)O. The number of aryl methyl sites for hydroxylation is 1. The van der Waals surface area contributed by atoms with Crippen LogP contribution in [0.5, 0.6) is 0 Å². The Bertz CT molecular complexity index is 445. The summed E-state index contributed by atoms with van der Waals surface area (Å²) in [5.74, 6) is -0.694. The fourth-order valence-corrected chi connectivity index (χ4v) is 1.52. The van der Waals surface area contributed by atoms with Crippen LogP contribution in [0.2, 0.25) is 0 Å². The number of hydrogen-bond acceptors (Lipinski definition) is 4. The number of aromatic nitrogens is 3. The standard InChI is InChI=1S/C11H19N5O3/c1-7(10(17)18)4-5-12-11(19)14-8(2)9-15-13-6-16(9)3/h6-8H,4-5H2,1-3H3,(H,17,18)(H2,12,14,19). The maximum Gasteiger partial charge on any atom is 0.315 e. The highest BCUT2D eigenvalue weighted by molar-refractivity contribution is 5.74. The zero-order valence-electron chi connectivity index (χ0n) is 11.3. The average molecular weight is 269 g/mol. The third-order valence-electron chi connectivity index (χ3n) is 2.77. The number of nitrogens with one attached hydrogen (secondary N) is 2. The normalized spacial score (nSPS) is 13.6. The van der Waals surface area contributed by atoms with Gasteiger partial charge >= 0.3 is 12.0 Å². The molecule has 0 aliphatic carbocycles. The van der Waals surface area contributed by atoms with E-state index < -0.39 is 11.9 Å². The van der Waals surface area contributed by atoms with Crippen molar-refractivity contribution in [1.82, 2.24) is 25.4 Å². The Morgan fingerprint density at radius 2 is 2.16 bits per heavy atom. The molecule has 8 heteroatoms. The number of aliphatic carboxylic acids is 1. The third-order valence-corrected chi connectivity index (χ3v) is 2.77. The number of urea groups is 1. The number of carbonyl (C=O) groups is 2. The highest BCUT2D eigenvalue weighted by atomic mass is 16.4. The van der Waals surface area contributed by atoms with Crippen molar-refractivity contribution < 1.29 is 14.7 Å². The van der Waals surface area contributed by atoms with E-state index in [1.807, 2.05) is 0 Å². The van der Waals surface area contributed by atoms with Gasteiger partial charge in [0.2, 0.25) is 0 Å². The molecule has 2 atom stereocenters. The molecule has 3 N–H and O–H groups in total. The van der Waals surface area contributed by atoms with Gasteiger partial charge in [0.05, 0.1) is 12.0 Å². The van der Waals surface area contributed by atoms with E-state index in [0.717, 1.165) is 0 Å². The van der Waals surface area contributed by atoms with E-state index in [0.29, 0.717) is 18.8 Å². The predicted octanol–water partition coefficient (Wildman–Crippen LogP) is 0.286.